The third-order valence-corrected chi connectivity index (χ3v) is 6.23. The Labute approximate surface area is 199 Å². The minimum Gasteiger partial charge on any atom is -0.358 e. The van der Waals surface area contributed by atoms with Crippen molar-refractivity contribution in [3.05, 3.63) is 42.7 Å². The highest BCUT2D eigenvalue weighted by atomic mass is 32.1. The maximum absolute atomic E-state index is 12.4. The number of anilines is 1. The van der Waals surface area contributed by atoms with Gasteiger partial charge in [0.05, 0.1) is 11.7 Å². The Morgan fingerprint density at radius 2 is 2.09 bits per heavy atom. The fourth-order valence-electron chi connectivity index (χ4n) is 4.51. The lowest BCUT2D eigenvalue weighted by molar-refractivity contribution is -0.129. The van der Waals surface area contributed by atoms with Gasteiger partial charge in [-0.25, -0.2) is 4.68 Å². The first-order chi connectivity index (χ1) is 15.9. The molecule has 0 bridgehead atoms. The van der Waals surface area contributed by atoms with Gasteiger partial charge in [-0.1, -0.05) is 0 Å². The Bertz CT molecular complexity index is 977. The molecule has 3 unspecified atom stereocenters. The minimum absolute atomic E-state index is 0.0512. The van der Waals surface area contributed by atoms with Gasteiger partial charge < -0.3 is 21.3 Å². The zero-order chi connectivity index (χ0) is 23.4. The molecule has 2 amide bonds. The van der Waals surface area contributed by atoms with E-state index in [1.54, 1.807) is 10.9 Å². The number of rotatable bonds is 7. The molecule has 2 aliphatic rings. The summed E-state index contributed by atoms with van der Waals surface area (Å²) >= 11 is 5.52. The van der Waals surface area contributed by atoms with E-state index >= 15 is 0 Å². The largest absolute Gasteiger partial charge is 0.358 e. The van der Waals surface area contributed by atoms with E-state index in [-0.39, 0.29) is 36.0 Å². The number of hydrogen-bond donors (Lipinski definition) is 4. The van der Waals surface area contributed by atoms with Crippen LogP contribution in [0.4, 0.5) is 5.69 Å². The van der Waals surface area contributed by atoms with Crippen LogP contribution in [0, 0.1) is 0 Å². The van der Waals surface area contributed by atoms with Crippen molar-refractivity contribution in [3.8, 4) is 5.69 Å². The number of hydrogen-bond acceptors (Lipinski definition) is 5. The molecule has 3 atom stereocenters. The van der Waals surface area contributed by atoms with Crippen molar-refractivity contribution in [1.29, 1.82) is 0 Å². The van der Waals surface area contributed by atoms with Crippen LogP contribution in [0.15, 0.2) is 42.7 Å². The summed E-state index contributed by atoms with van der Waals surface area (Å²) in [4.78, 5) is 26.7. The molecule has 9 nitrogen and oxygen atoms in total. The summed E-state index contributed by atoms with van der Waals surface area (Å²) in [5.41, 5.74) is 1.85. The number of thiocarbonyl (C=S) groups is 1. The van der Waals surface area contributed by atoms with Gasteiger partial charge in [0.25, 0.3) is 0 Å². The molecule has 1 aromatic heterocycles. The zero-order valence-electron chi connectivity index (χ0n) is 19.0. The second-order valence-corrected chi connectivity index (χ2v) is 9.31. The first-order valence-electron chi connectivity index (χ1n) is 11.4. The molecule has 4 rings (SSSR count). The fraction of sp³-hybridized carbons (Fsp3) is 0.478. The lowest BCUT2D eigenvalue weighted by atomic mass is 10.0. The maximum atomic E-state index is 12.4. The van der Waals surface area contributed by atoms with Crippen LogP contribution >= 0.6 is 12.2 Å². The highest BCUT2D eigenvalue weighted by molar-refractivity contribution is 7.80. The lowest BCUT2D eigenvalue weighted by Gasteiger charge is -2.37. The number of amides is 2. The van der Waals surface area contributed by atoms with Crippen LogP contribution in [0.25, 0.3) is 5.69 Å². The topological polar surface area (TPSA) is 103 Å². The number of fused-ring (bicyclic) bond motifs is 1. The molecule has 33 heavy (non-hydrogen) atoms. The molecule has 10 heteroatoms. The van der Waals surface area contributed by atoms with Crippen molar-refractivity contribution in [2.24, 2.45) is 0 Å². The van der Waals surface area contributed by atoms with Gasteiger partial charge in [-0.2, -0.15) is 5.10 Å². The van der Waals surface area contributed by atoms with E-state index in [4.69, 9.17) is 12.2 Å². The zero-order valence-corrected chi connectivity index (χ0v) is 19.8. The van der Waals surface area contributed by atoms with Gasteiger partial charge >= 0.3 is 0 Å². The average Bonchev–Trinajstić information content (AvgIpc) is 3.44. The third-order valence-electron chi connectivity index (χ3n) is 6.01. The van der Waals surface area contributed by atoms with E-state index < -0.39 is 0 Å². The molecule has 2 aliphatic heterocycles. The second-order valence-electron chi connectivity index (χ2n) is 8.90. The van der Waals surface area contributed by atoms with E-state index in [1.807, 2.05) is 50.4 Å². The number of benzene rings is 1. The Morgan fingerprint density at radius 3 is 2.79 bits per heavy atom. The summed E-state index contributed by atoms with van der Waals surface area (Å²) in [7, 11) is 0. The molecule has 0 spiro atoms. The van der Waals surface area contributed by atoms with Crippen molar-refractivity contribution >= 4 is 34.8 Å². The van der Waals surface area contributed by atoms with Crippen molar-refractivity contribution in [3.63, 3.8) is 0 Å². The van der Waals surface area contributed by atoms with E-state index in [0.717, 1.165) is 11.4 Å². The van der Waals surface area contributed by atoms with Crippen molar-refractivity contribution in [2.75, 3.05) is 18.4 Å². The quantitative estimate of drug-likeness (QED) is 0.455. The molecule has 176 valence electrons. The molecule has 2 saturated heterocycles. The summed E-state index contributed by atoms with van der Waals surface area (Å²) in [6, 6.07) is 9.88. The van der Waals surface area contributed by atoms with Gasteiger partial charge in [0, 0.05) is 55.7 Å². The second kappa shape index (κ2) is 10.3. The number of carbonyl (C=O) groups excluding carboxylic acids is 2. The summed E-state index contributed by atoms with van der Waals surface area (Å²) in [6.45, 7) is 5.20. The fourth-order valence-corrected chi connectivity index (χ4v) is 4.80. The number of nitrogens with zero attached hydrogens (tertiary/aromatic N) is 3. The monoisotopic (exact) mass is 469 g/mol. The van der Waals surface area contributed by atoms with Crippen molar-refractivity contribution < 1.29 is 9.59 Å². The Morgan fingerprint density at radius 1 is 1.30 bits per heavy atom. The van der Waals surface area contributed by atoms with Crippen molar-refractivity contribution in [2.45, 2.75) is 57.3 Å². The van der Waals surface area contributed by atoms with Crippen LogP contribution in [0.2, 0.25) is 0 Å². The molecule has 0 saturated carbocycles. The van der Waals surface area contributed by atoms with Crippen LogP contribution in [-0.4, -0.2) is 68.9 Å². The van der Waals surface area contributed by atoms with Gasteiger partial charge in [0.1, 0.15) is 0 Å². The average molecular weight is 470 g/mol. The first kappa shape index (κ1) is 23.2. The summed E-state index contributed by atoms with van der Waals surface area (Å²) < 4.78 is 1.79. The first-order valence-corrected chi connectivity index (χ1v) is 11.8. The molecule has 0 radical (unpaired) electrons. The van der Waals surface area contributed by atoms with Gasteiger partial charge in [-0.3, -0.25) is 14.5 Å². The standard InChI is InChI=1S/C23H31N7O2S/c1-15(2)26-21(31)9-8-19-13-24-22(32)20-12-17(14-29(19)20)28-23(33)27-16-4-6-18(7-5-16)30-11-3-10-25-30/h3-7,10-11,15,17,19-20H,8-9,12-14H2,1-2H3,(H,24,32)(H,26,31)(H2,27,28,33). The molecular formula is C23H31N7O2S. The van der Waals surface area contributed by atoms with Crippen LogP contribution in [0.3, 0.4) is 0 Å². The summed E-state index contributed by atoms with van der Waals surface area (Å²) in [5.74, 6) is 0.103. The molecular weight excluding hydrogens is 438 g/mol. The van der Waals surface area contributed by atoms with E-state index in [1.165, 1.54) is 0 Å². The van der Waals surface area contributed by atoms with Gasteiger partial charge in [0.15, 0.2) is 5.11 Å². The van der Waals surface area contributed by atoms with E-state index in [0.29, 0.717) is 37.5 Å². The van der Waals surface area contributed by atoms with E-state index in [9.17, 15) is 9.59 Å². The minimum atomic E-state index is -0.189. The predicted octanol–water partition coefficient (Wildman–Crippen LogP) is 1.40. The van der Waals surface area contributed by atoms with E-state index in [2.05, 4.69) is 31.3 Å². The molecule has 1 aromatic carbocycles. The molecule has 4 N–H and O–H groups in total. The molecule has 0 aliphatic carbocycles. The smallest absolute Gasteiger partial charge is 0.237 e. The Balaban J connectivity index is 1.29. The molecule has 2 fully saturated rings. The normalized spacial score (nSPS) is 22.5. The van der Waals surface area contributed by atoms with Crippen molar-refractivity contribution in [1.82, 2.24) is 30.6 Å². The predicted molar refractivity (Wildman–Crippen MR) is 131 cm³/mol. The Kier molecular flexibility index (Phi) is 7.24. The number of carbonyl (C=O) groups is 2. The highest BCUT2D eigenvalue weighted by Crippen LogP contribution is 2.26. The molecule has 2 aromatic rings. The number of piperazine rings is 1. The SMILES string of the molecule is CC(C)NC(=O)CCC1CNC(=O)C2CC(NC(=S)Nc3ccc(-n4cccn4)cc3)CN12. The molecule has 3 heterocycles. The highest BCUT2D eigenvalue weighted by Gasteiger charge is 2.43. The summed E-state index contributed by atoms with van der Waals surface area (Å²) in [5, 5.41) is 17.3. The number of aromatic nitrogens is 2. The van der Waals surface area contributed by atoms with Gasteiger partial charge in [-0.05, 0) is 69.2 Å². The lowest BCUT2D eigenvalue weighted by Crippen LogP contribution is -2.58. The Hall–Kier alpha value is -2.98. The maximum Gasteiger partial charge on any atom is 0.237 e. The number of nitrogens with one attached hydrogen (secondary N) is 4. The summed E-state index contributed by atoms with van der Waals surface area (Å²) in [6.07, 6.45) is 5.48. The van der Waals surface area contributed by atoms with Crippen LogP contribution in [-0.2, 0) is 9.59 Å². The van der Waals surface area contributed by atoms with Crippen LogP contribution in [0.1, 0.15) is 33.1 Å². The van der Waals surface area contributed by atoms with Crippen LogP contribution < -0.4 is 21.3 Å². The van der Waals surface area contributed by atoms with Crippen LogP contribution in [0.5, 0.6) is 0 Å². The van der Waals surface area contributed by atoms with Gasteiger partial charge in [0.2, 0.25) is 11.8 Å². The van der Waals surface area contributed by atoms with Gasteiger partial charge in [-0.15, -0.1) is 0 Å². The third kappa shape index (κ3) is 5.88.